The summed E-state index contributed by atoms with van der Waals surface area (Å²) in [5.74, 6) is -1.78. The zero-order valence-corrected chi connectivity index (χ0v) is 16.4. The molecule has 2 N–H and O–H groups in total. The third-order valence-electron chi connectivity index (χ3n) is 5.99. The maximum Gasteiger partial charge on any atom is 0.303 e. The molecule has 0 radical (unpaired) electrons. The smallest absolute Gasteiger partial charge is 0.303 e. The first-order valence-electron chi connectivity index (χ1n) is 9.65. The average molecular weight is 390 g/mol. The molecule has 0 aliphatic heterocycles. The normalized spacial score (nSPS) is 13.9. The number of fused-ring (bicyclic) bond motifs is 4. The van der Waals surface area contributed by atoms with E-state index in [9.17, 15) is 19.8 Å². The van der Waals surface area contributed by atoms with Gasteiger partial charge in [0.25, 0.3) is 0 Å². The van der Waals surface area contributed by atoms with E-state index < -0.39 is 17.4 Å². The Bertz CT molecular complexity index is 1140. The van der Waals surface area contributed by atoms with E-state index in [-0.39, 0.29) is 12.8 Å². The van der Waals surface area contributed by atoms with Gasteiger partial charge in [-0.05, 0) is 61.1 Å². The minimum Gasteiger partial charge on any atom is -0.481 e. The average Bonchev–Trinajstić information content (AvgIpc) is 2.94. The first-order chi connectivity index (χ1) is 13.8. The number of carboxylic acid groups (broad SMARTS) is 2. The third kappa shape index (κ3) is 3.14. The summed E-state index contributed by atoms with van der Waals surface area (Å²) in [6.07, 6.45) is 0.598. The molecule has 0 amide bonds. The summed E-state index contributed by atoms with van der Waals surface area (Å²) < 4.78 is 0. The van der Waals surface area contributed by atoms with Crippen LogP contribution in [0.5, 0.6) is 0 Å². The van der Waals surface area contributed by atoms with Crippen LogP contribution in [0.15, 0.2) is 36.4 Å². The molecule has 0 saturated heterocycles. The molecule has 0 fully saturated rings. The second-order valence-corrected chi connectivity index (χ2v) is 7.70. The summed E-state index contributed by atoms with van der Waals surface area (Å²) in [7, 11) is 0. The highest BCUT2D eigenvalue weighted by molar-refractivity contribution is 5.90. The fourth-order valence-electron chi connectivity index (χ4n) is 4.48. The largest absolute Gasteiger partial charge is 0.481 e. The summed E-state index contributed by atoms with van der Waals surface area (Å²) in [6, 6.07) is 11.9. The van der Waals surface area contributed by atoms with Crippen molar-refractivity contribution in [3.05, 3.63) is 58.9 Å². The molecule has 1 aliphatic rings. The van der Waals surface area contributed by atoms with Crippen LogP contribution in [0.4, 0.5) is 0 Å². The molecule has 0 saturated carbocycles. The molecule has 0 atom stereocenters. The van der Waals surface area contributed by atoms with Gasteiger partial charge in [-0.25, -0.2) is 9.97 Å². The zero-order chi connectivity index (χ0) is 20.8. The first kappa shape index (κ1) is 19.1. The van der Waals surface area contributed by atoms with Crippen molar-refractivity contribution in [1.82, 2.24) is 9.97 Å². The molecule has 1 aromatic heterocycles. The Morgan fingerprint density at radius 3 is 1.97 bits per heavy atom. The second-order valence-electron chi connectivity index (χ2n) is 7.70. The summed E-state index contributed by atoms with van der Waals surface area (Å²) in [6.45, 7) is 3.83. The van der Waals surface area contributed by atoms with Crippen molar-refractivity contribution in [1.29, 1.82) is 0 Å². The number of hydrogen-bond acceptors (Lipinski definition) is 4. The van der Waals surface area contributed by atoms with Crippen molar-refractivity contribution < 1.29 is 19.8 Å². The predicted octanol–water partition coefficient (Wildman–Crippen LogP) is 4.24. The summed E-state index contributed by atoms with van der Waals surface area (Å²) >= 11 is 0. The molecule has 6 heteroatoms. The number of aromatic nitrogens is 2. The number of aryl methyl sites for hydroxylation is 2. The SMILES string of the molecule is Cc1nc2cc3c(cc2nc1C)C(CCC(=O)O)(CCC(=O)O)c1ccccc1-3. The molecule has 1 aliphatic carbocycles. The summed E-state index contributed by atoms with van der Waals surface area (Å²) in [4.78, 5) is 32.2. The van der Waals surface area contributed by atoms with Gasteiger partial charge in [0.2, 0.25) is 0 Å². The van der Waals surface area contributed by atoms with Crippen molar-refractivity contribution in [3.63, 3.8) is 0 Å². The van der Waals surface area contributed by atoms with Gasteiger partial charge in [0, 0.05) is 18.3 Å². The lowest BCUT2D eigenvalue weighted by Crippen LogP contribution is -2.27. The van der Waals surface area contributed by atoms with Gasteiger partial charge in [-0.1, -0.05) is 24.3 Å². The van der Waals surface area contributed by atoms with Gasteiger partial charge in [0.1, 0.15) is 0 Å². The summed E-state index contributed by atoms with van der Waals surface area (Å²) in [5.41, 5.74) is 6.51. The van der Waals surface area contributed by atoms with Gasteiger partial charge >= 0.3 is 11.9 Å². The van der Waals surface area contributed by atoms with Crippen LogP contribution in [-0.2, 0) is 15.0 Å². The topological polar surface area (TPSA) is 100 Å². The third-order valence-corrected chi connectivity index (χ3v) is 5.99. The van der Waals surface area contributed by atoms with Crippen LogP contribution in [0.2, 0.25) is 0 Å². The second kappa shape index (κ2) is 6.95. The van der Waals surface area contributed by atoms with Crippen molar-refractivity contribution >= 4 is 23.0 Å². The Morgan fingerprint density at radius 1 is 0.828 bits per heavy atom. The lowest BCUT2D eigenvalue weighted by atomic mass is 9.71. The number of carbonyl (C=O) groups is 2. The Kier molecular flexibility index (Phi) is 4.57. The molecular weight excluding hydrogens is 368 g/mol. The quantitative estimate of drug-likeness (QED) is 0.653. The van der Waals surface area contributed by atoms with Crippen LogP contribution in [0.1, 0.15) is 48.2 Å². The van der Waals surface area contributed by atoms with E-state index in [4.69, 9.17) is 0 Å². The number of nitrogens with zero attached hydrogens (tertiary/aromatic N) is 2. The van der Waals surface area contributed by atoms with Gasteiger partial charge in [-0.15, -0.1) is 0 Å². The highest BCUT2D eigenvalue weighted by Crippen LogP contribution is 2.54. The van der Waals surface area contributed by atoms with Gasteiger partial charge in [-0.3, -0.25) is 9.59 Å². The number of aliphatic carboxylic acids is 2. The number of rotatable bonds is 6. The Morgan fingerprint density at radius 2 is 1.38 bits per heavy atom. The minimum absolute atomic E-state index is 0.0377. The van der Waals surface area contributed by atoms with E-state index in [2.05, 4.69) is 9.97 Å². The Balaban J connectivity index is 2.00. The van der Waals surface area contributed by atoms with E-state index in [1.165, 1.54) is 0 Å². The Labute approximate surface area is 168 Å². The van der Waals surface area contributed by atoms with Crippen molar-refractivity contribution in [2.45, 2.75) is 44.9 Å². The van der Waals surface area contributed by atoms with Crippen LogP contribution < -0.4 is 0 Å². The van der Waals surface area contributed by atoms with Crippen LogP contribution in [0.25, 0.3) is 22.2 Å². The van der Waals surface area contributed by atoms with Crippen molar-refractivity contribution in [3.8, 4) is 11.1 Å². The van der Waals surface area contributed by atoms with Gasteiger partial charge < -0.3 is 10.2 Å². The molecule has 0 bridgehead atoms. The number of hydrogen-bond donors (Lipinski definition) is 2. The van der Waals surface area contributed by atoms with E-state index in [1.807, 2.05) is 50.2 Å². The molecule has 148 valence electrons. The number of carboxylic acids is 2. The monoisotopic (exact) mass is 390 g/mol. The predicted molar refractivity (Wildman–Crippen MR) is 109 cm³/mol. The number of benzene rings is 2. The van der Waals surface area contributed by atoms with Gasteiger partial charge in [-0.2, -0.15) is 0 Å². The molecule has 6 nitrogen and oxygen atoms in total. The fourth-order valence-corrected chi connectivity index (χ4v) is 4.48. The molecule has 0 spiro atoms. The molecule has 4 rings (SSSR count). The fraction of sp³-hybridized carbons (Fsp3) is 0.304. The summed E-state index contributed by atoms with van der Waals surface area (Å²) in [5, 5.41) is 18.7. The van der Waals surface area contributed by atoms with Crippen molar-refractivity contribution in [2.75, 3.05) is 0 Å². The minimum atomic E-state index is -0.891. The molecular formula is C23H22N2O4. The zero-order valence-electron chi connectivity index (χ0n) is 16.4. The standard InChI is InChI=1S/C23H22N2O4/c1-13-14(2)25-20-12-18-16(11-19(20)24-13)15-5-3-4-6-17(15)23(18,9-7-21(26)27)10-8-22(28)29/h3-6,11-12H,7-10H2,1-2H3,(H,26,27)(H,28,29). The van der Waals surface area contributed by atoms with E-state index >= 15 is 0 Å². The molecule has 0 unspecified atom stereocenters. The van der Waals surface area contributed by atoms with Crippen LogP contribution in [0, 0.1) is 13.8 Å². The molecule has 1 heterocycles. The lowest BCUT2D eigenvalue weighted by molar-refractivity contribution is -0.137. The van der Waals surface area contributed by atoms with Gasteiger partial charge in [0.05, 0.1) is 22.4 Å². The highest BCUT2D eigenvalue weighted by Gasteiger charge is 2.43. The molecule has 3 aromatic rings. The molecule has 29 heavy (non-hydrogen) atoms. The maximum atomic E-state index is 11.4. The Hall–Kier alpha value is -3.28. The first-order valence-corrected chi connectivity index (χ1v) is 9.65. The molecule has 2 aromatic carbocycles. The van der Waals surface area contributed by atoms with E-state index in [0.29, 0.717) is 12.8 Å². The maximum absolute atomic E-state index is 11.4. The van der Waals surface area contributed by atoms with Crippen LogP contribution in [-0.4, -0.2) is 32.1 Å². The highest BCUT2D eigenvalue weighted by atomic mass is 16.4. The van der Waals surface area contributed by atoms with Gasteiger partial charge in [0.15, 0.2) is 0 Å². The lowest BCUT2D eigenvalue weighted by Gasteiger charge is -2.31. The van der Waals surface area contributed by atoms with Crippen LogP contribution in [0.3, 0.4) is 0 Å². The van der Waals surface area contributed by atoms with E-state index in [1.54, 1.807) is 0 Å². The van der Waals surface area contributed by atoms with Crippen LogP contribution >= 0.6 is 0 Å². The van der Waals surface area contributed by atoms with E-state index in [0.717, 1.165) is 44.7 Å². The van der Waals surface area contributed by atoms with Crippen molar-refractivity contribution in [2.24, 2.45) is 0 Å².